The highest BCUT2D eigenvalue weighted by Crippen LogP contribution is 2.34. The Morgan fingerprint density at radius 2 is 2.33 bits per heavy atom. The minimum atomic E-state index is -0.111. The quantitative estimate of drug-likeness (QED) is 0.407. The molecule has 0 aliphatic rings. The van der Waals surface area contributed by atoms with Crippen LogP contribution in [0.1, 0.15) is 0 Å². The number of hydrogen-bond acceptors (Lipinski definition) is 6. The number of carbonyl (C=O) groups is 1. The summed E-state index contributed by atoms with van der Waals surface area (Å²) in [5.41, 5.74) is 0.844. The predicted octanol–water partition coefficient (Wildman–Crippen LogP) is 3.12. The van der Waals surface area contributed by atoms with E-state index in [2.05, 4.69) is 16.9 Å². The van der Waals surface area contributed by atoms with Gasteiger partial charge in [0.05, 0.1) is 11.1 Å². The van der Waals surface area contributed by atoms with Gasteiger partial charge in [0, 0.05) is 29.4 Å². The Morgan fingerprint density at radius 3 is 3.04 bits per heavy atom. The zero-order valence-electron chi connectivity index (χ0n) is 12.9. The molecule has 0 bridgehead atoms. The number of amides is 1. The van der Waals surface area contributed by atoms with Crippen molar-refractivity contribution in [2.24, 2.45) is 7.05 Å². The average molecular weight is 378 g/mol. The van der Waals surface area contributed by atoms with Crippen molar-refractivity contribution >= 4 is 50.6 Å². The van der Waals surface area contributed by atoms with Crippen molar-refractivity contribution < 1.29 is 4.79 Å². The molecule has 3 heterocycles. The third kappa shape index (κ3) is 3.31. The van der Waals surface area contributed by atoms with Crippen LogP contribution in [0.4, 0.5) is 0 Å². The van der Waals surface area contributed by atoms with Crippen molar-refractivity contribution in [2.75, 3.05) is 12.3 Å². The molecule has 0 aromatic carbocycles. The first-order valence-electron chi connectivity index (χ1n) is 7.14. The molecule has 0 unspecified atom stereocenters. The van der Waals surface area contributed by atoms with Gasteiger partial charge < -0.3 is 5.32 Å². The zero-order valence-corrected chi connectivity index (χ0v) is 15.4. The van der Waals surface area contributed by atoms with Crippen LogP contribution in [0.2, 0.25) is 0 Å². The van der Waals surface area contributed by atoms with Crippen molar-refractivity contribution in [3.05, 3.63) is 45.9 Å². The number of rotatable bonds is 6. The van der Waals surface area contributed by atoms with E-state index in [0.717, 1.165) is 10.4 Å². The maximum absolute atomic E-state index is 12.8. The first-order valence-corrected chi connectivity index (χ1v) is 9.88. The van der Waals surface area contributed by atoms with Crippen LogP contribution in [-0.4, -0.2) is 27.8 Å². The van der Waals surface area contributed by atoms with Gasteiger partial charge >= 0.3 is 0 Å². The minimum Gasteiger partial charge on any atom is -0.352 e. The van der Waals surface area contributed by atoms with Crippen LogP contribution in [0.3, 0.4) is 0 Å². The molecule has 5 nitrogen and oxygen atoms in total. The van der Waals surface area contributed by atoms with Gasteiger partial charge in [0.2, 0.25) is 5.91 Å². The van der Waals surface area contributed by atoms with Gasteiger partial charge in [-0.2, -0.15) is 0 Å². The molecule has 3 aromatic heterocycles. The molecular formula is C16H15N3O2S3. The normalized spacial score (nSPS) is 10.9. The zero-order chi connectivity index (χ0) is 17.1. The highest BCUT2D eigenvalue weighted by molar-refractivity contribution is 7.99. The summed E-state index contributed by atoms with van der Waals surface area (Å²) in [4.78, 5) is 30.8. The van der Waals surface area contributed by atoms with Crippen molar-refractivity contribution in [1.29, 1.82) is 0 Å². The summed E-state index contributed by atoms with van der Waals surface area (Å²) in [6.07, 6.45) is 1.63. The molecule has 1 amide bonds. The van der Waals surface area contributed by atoms with E-state index in [1.165, 1.54) is 27.7 Å². The molecule has 3 aromatic rings. The molecule has 0 aliphatic heterocycles. The first kappa shape index (κ1) is 16.9. The van der Waals surface area contributed by atoms with Crippen LogP contribution >= 0.6 is 34.4 Å². The molecule has 0 saturated carbocycles. The van der Waals surface area contributed by atoms with Crippen LogP contribution in [0.25, 0.3) is 20.7 Å². The van der Waals surface area contributed by atoms with E-state index in [4.69, 9.17) is 0 Å². The number of carbonyl (C=O) groups excluding carboxylic acids is 1. The number of hydrogen-bond donors (Lipinski definition) is 1. The minimum absolute atomic E-state index is 0.0846. The number of fused-ring (bicyclic) bond motifs is 1. The van der Waals surface area contributed by atoms with Gasteiger partial charge in [0.15, 0.2) is 5.16 Å². The lowest BCUT2D eigenvalue weighted by Gasteiger charge is -2.07. The molecule has 0 saturated heterocycles. The van der Waals surface area contributed by atoms with Crippen LogP contribution in [-0.2, 0) is 11.8 Å². The maximum atomic E-state index is 12.8. The van der Waals surface area contributed by atoms with Crippen LogP contribution in [0.5, 0.6) is 0 Å². The van der Waals surface area contributed by atoms with Crippen molar-refractivity contribution in [3.63, 3.8) is 0 Å². The monoisotopic (exact) mass is 377 g/mol. The summed E-state index contributed by atoms with van der Waals surface area (Å²) in [6.45, 7) is 3.99. The molecular weight excluding hydrogens is 362 g/mol. The molecule has 1 N–H and O–H groups in total. The number of nitrogens with zero attached hydrogens (tertiary/aromatic N) is 2. The first-order chi connectivity index (χ1) is 11.6. The number of aromatic nitrogens is 2. The van der Waals surface area contributed by atoms with Crippen LogP contribution < -0.4 is 10.9 Å². The Labute approximate surface area is 151 Å². The SMILES string of the molecule is C=CCNC(=O)CSc1nc2scc(-c3cccs3)c2c(=O)n1C. The van der Waals surface area contributed by atoms with Crippen LogP contribution in [0, 0.1) is 0 Å². The Balaban J connectivity index is 1.92. The molecule has 0 atom stereocenters. The van der Waals surface area contributed by atoms with Gasteiger partial charge in [-0.25, -0.2) is 4.98 Å². The summed E-state index contributed by atoms with van der Waals surface area (Å²) in [7, 11) is 1.69. The van der Waals surface area contributed by atoms with Gasteiger partial charge in [0.1, 0.15) is 4.83 Å². The van der Waals surface area contributed by atoms with Crippen LogP contribution in [0.15, 0.2) is 45.5 Å². The molecule has 24 heavy (non-hydrogen) atoms. The summed E-state index contributed by atoms with van der Waals surface area (Å²) in [5, 5.41) is 7.85. The highest BCUT2D eigenvalue weighted by Gasteiger charge is 2.16. The lowest BCUT2D eigenvalue weighted by atomic mass is 10.2. The van der Waals surface area contributed by atoms with Gasteiger partial charge in [-0.3, -0.25) is 14.2 Å². The summed E-state index contributed by atoms with van der Waals surface area (Å²) in [6, 6.07) is 3.96. The third-order valence-corrected chi connectivity index (χ3v) is 6.14. The van der Waals surface area contributed by atoms with E-state index >= 15 is 0 Å². The van der Waals surface area contributed by atoms with E-state index in [-0.39, 0.29) is 17.2 Å². The Kier molecular flexibility index (Phi) is 5.17. The van der Waals surface area contributed by atoms with Gasteiger partial charge in [-0.15, -0.1) is 29.3 Å². The molecule has 8 heteroatoms. The largest absolute Gasteiger partial charge is 0.352 e. The molecule has 0 radical (unpaired) electrons. The topological polar surface area (TPSA) is 64.0 Å². The third-order valence-electron chi connectivity index (χ3n) is 3.34. The average Bonchev–Trinajstić information content (AvgIpc) is 3.23. The fourth-order valence-corrected chi connectivity index (χ4v) is 4.77. The molecule has 124 valence electrons. The molecule has 0 fully saturated rings. The maximum Gasteiger partial charge on any atom is 0.263 e. The standard InChI is InChI=1S/C16H15N3O2S3/c1-3-6-17-12(20)9-24-16-18-14-13(15(21)19(16)2)10(8-23-14)11-5-4-7-22-11/h3-5,7-8H,1,6,9H2,2H3,(H,17,20). The second-order valence-electron chi connectivity index (χ2n) is 4.95. The Morgan fingerprint density at radius 1 is 1.50 bits per heavy atom. The van der Waals surface area contributed by atoms with E-state index in [9.17, 15) is 9.59 Å². The van der Waals surface area contributed by atoms with Crippen molar-refractivity contribution in [1.82, 2.24) is 14.9 Å². The summed E-state index contributed by atoms with van der Waals surface area (Å²) < 4.78 is 1.51. The lowest BCUT2D eigenvalue weighted by molar-refractivity contribution is -0.118. The fourth-order valence-electron chi connectivity index (χ4n) is 2.16. The Hall–Kier alpha value is -1.90. The molecule has 0 spiro atoms. The highest BCUT2D eigenvalue weighted by atomic mass is 32.2. The lowest BCUT2D eigenvalue weighted by Crippen LogP contribution is -2.26. The Bertz CT molecular complexity index is 942. The van der Waals surface area contributed by atoms with E-state index in [1.54, 1.807) is 24.5 Å². The van der Waals surface area contributed by atoms with Crippen molar-refractivity contribution in [2.45, 2.75) is 5.16 Å². The number of thiophene rings is 2. The fraction of sp³-hybridized carbons (Fsp3) is 0.188. The number of thioether (sulfide) groups is 1. The van der Waals surface area contributed by atoms with Gasteiger partial charge in [-0.05, 0) is 11.4 Å². The summed E-state index contributed by atoms with van der Waals surface area (Å²) >= 11 is 4.31. The van der Waals surface area contributed by atoms with Gasteiger partial charge in [-0.1, -0.05) is 23.9 Å². The van der Waals surface area contributed by atoms with E-state index < -0.39 is 0 Å². The predicted molar refractivity (Wildman–Crippen MR) is 102 cm³/mol. The van der Waals surface area contributed by atoms with E-state index in [0.29, 0.717) is 21.9 Å². The second kappa shape index (κ2) is 7.33. The van der Waals surface area contributed by atoms with Gasteiger partial charge in [0.25, 0.3) is 5.56 Å². The molecule has 0 aliphatic carbocycles. The smallest absolute Gasteiger partial charge is 0.263 e. The van der Waals surface area contributed by atoms with Crippen molar-refractivity contribution in [3.8, 4) is 10.4 Å². The number of nitrogens with one attached hydrogen (secondary N) is 1. The summed E-state index contributed by atoms with van der Waals surface area (Å²) in [5.74, 6) is 0.0997. The second-order valence-corrected chi connectivity index (χ2v) is 7.70. The molecule has 3 rings (SSSR count). The van der Waals surface area contributed by atoms with E-state index in [1.807, 2.05) is 22.9 Å².